The van der Waals surface area contributed by atoms with Gasteiger partial charge in [-0.2, -0.15) is 0 Å². The van der Waals surface area contributed by atoms with E-state index in [1.54, 1.807) is 7.11 Å². The maximum Gasteiger partial charge on any atom is 0.126 e. The van der Waals surface area contributed by atoms with Gasteiger partial charge in [-0.25, -0.2) is 8.78 Å². The third-order valence-electron chi connectivity index (χ3n) is 3.16. The number of halogens is 3. The molecule has 21 heavy (non-hydrogen) atoms. The van der Waals surface area contributed by atoms with Crippen LogP contribution in [0.1, 0.15) is 11.1 Å². The van der Waals surface area contributed by atoms with Crippen LogP contribution in [0, 0.1) is 11.6 Å². The Labute approximate surface area is 131 Å². The minimum atomic E-state index is -0.584. The predicted octanol–water partition coefficient (Wildman–Crippen LogP) is 3.85. The summed E-state index contributed by atoms with van der Waals surface area (Å²) in [6.07, 6.45) is 0.980. The first kappa shape index (κ1) is 15.9. The van der Waals surface area contributed by atoms with Crippen molar-refractivity contribution in [3.8, 4) is 5.75 Å². The van der Waals surface area contributed by atoms with Crippen molar-refractivity contribution in [2.24, 2.45) is 5.73 Å². The Morgan fingerprint density at radius 1 is 1.10 bits per heavy atom. The van der Waals surface area contributed by atoms with Crippen LogP contribution in [0.25, 0.3) is 0 Å². The molecule has 5 heteroatoms. The zero-order chi connectivity index (χ0) is 15.4. The Hall–Kier alpha value is -1.46. The number of rotatable bonds is 5. The lowest BCUT2D eigenvalue weighted by atomic mass is 9.99. The molecule has 2 rings (SSSR count). The van der Waals surface area contributed by atoms with Gasteiger partial charge in [-0.15, -0.1) is 0 Å². The summed E-state index contributed by atoms with van der Waals surface area (Å²) in [5.41, 5.74) is 7.65. The van der Waals surface area contributed by atoms with Gasteiger partial charge in [0, 0.05) is 16.6 Å². The monoisotopic (exact) mass is 355 g/mol. The molecule has 0 aliphatic heterocycles. The molecule has 2 aromatic carbocycles. The second-order valence-electron chi connectivity index (χ2n) is 4.90. The molecule has 0 saturated heterocycles. The highest BCUT2D eigenvalue weighted by Crippen LogP contribution is 2.24. The number of hydrogen-bond donors (Lipinski definition) is 1. The largest absolute Gasteiger partial charge is 0.497 e. The molecule has 2 aromatic rings. The first-order chi connectivity index (χ1) is 9.97. The molecule has 0 bridgehead atoms. The minimum absolute atomic E-state index is 0.241. The van der Waals surface area contributed by atoms with Gasteiger partial charge >= 0.3 is 0 Å². The summed E-state index contributed by atoms with van der Waals surface area (Å²) in [5, 5.41) is 0. The molecule has 1 atom stereocenters. The van der Waals surface area contributed by atoms with Crippen LogP contribution >= 0.6 is 15.9 Å². The van der Waals surface area contributed by atoms with Crippen LogP contribution in [-0.4, -0.2) is 13.2 Å². The Morgan fingerprint density at radius 3 is 2.38 bits per heavy atom. The van der Waals surface area contributed by atoms with Crippen molar-refractivity contribution in [2.45, 2.75) is 18.9 Å². The van der Waals surface area contributed by atoms with Gasteiger partial charge in [0.2, 0.25) is 0 Å². The zero-order valence-electron chi connectivity index (χ0n) is 11.6. The zero-order valence-corrected chi connectivity index (χ0v) is 13.2. The Balaban J connectivity index is 2.09. The maximum absolute atomic E-state index is 13.2. The highest BCUT2D eigenvalue weighted by molar-refractivity contribution is 9.10. The number of nitrogens with two attached hydrogens (primary N) is 1. The van der Waals surface area contributed by atoms with Gasteiger partial charge in [0.05, 0.1) is 7.11 Å². The summed E-state index contributed by atoms with van der Waals surface area (Å²) >= 11 is 3.47. The van der Waals surface area contributed by atoms with E-state index in [0.29, 0.717) is 18.4 Å². The summed E-state index contributed by atoms with van der Waals surface area (Å²) < 4.78 is 32.4. The van der Waals surface area contributed by atoms with E-state index in [1.807, 2.05) is 18.2 Å². The van der Waals surface area contributed by atoms with Gasteiger partial charge in [-0.1, -0.05) is 15.9 Å². The van der Waals surface area contributed by atoms with Crippen molar-refractivity contribution in [3.63, 3.8) is 0 Å². The molecule has 0 aromatic heterocycles. The number of benzene rings is 2. The van der Waals surface area contributed by atoms with Crippen molar-refractivity contribution in [3.05, 3.63) is 63.6 Å². The Morgan fingerprint density at radius 2 is 1.76 bits per heavy atom. The molecule has 0 amide bonds. The van der Waals surface area contributed by atoms with Gasteiger partial charge in [-0.05, 0) is 54.3 Å². The highest BCUT2D eigenvalue weighted by Gasteiger charge is 2.11. The average molecular weight is 356 g/mol. The lowest BCUT2D eigenvalue weighted by Gasteiger charge is -2.14. The van der Waals surface area contributed by atoms with Gasteiger partial charge in [0.25, 0.3) is 0 Å². The summed E-state index contributed by atoms with van der Waals surface area (Å²) in [4.78, 5) is 0. The molecule has 2 N–H and O–H groups in total. The van der Waals surface area contributed by atoms with Crippen LogP contribution in [0.5, 0.6) is 5.75 Å². The van der Waals surface area contributed by atoms with Gasteiger partial charge < -0.3 is 10.5 Å². The van der Waals surface area contributed by atoms with E-state index >= 15 is 0 Å². The molecular weight excluding hydrogens is 340 g/mol. The number of ether oxygens (including phenoxy) is 1. The van der Waals surface area contributed by atoms with E-state index in [0.717, 1.165) is 21.9 Å². The maximum atomic E-state index is 13.2. The Bertz CT molecular complexity index is 613. The van der Waals surface area contributed by atoms with Crippen LogP contribution < -0.4 is 10.5 Å². The SMILES string of the molecule is COc1ccc(Br)c(CC(N)Cc2cc(F)cc(F)c2)c1. The van der Waals surface area contributed by atoms with Crippen LogP contribution in [0.2, 0.25) is 0 Å². The summed E-state index contributed by atoms with van der Waals surface area (Å²) in [5.74, 6) is -0.420. The molecule has 0 saturated carbocycles. The van der Waals surface area contributed by atoms with Gasteiger partial charge in [0.1, 0.15) is 17.4 Å². The second kappa shape index (κ2) is 7.00. The fourth-order valence-corrected chi connectivity index (χ4v) is 2.63. The van der Waals surface area contributed by atoms with E-state index in [9.17, 15) is 8.78 Å². The van der Waals surface area contributed by atoms with Crippen LogP contribution in [0.15, 0.2) is 40.9 Å². The van der Waals surface area contributed by atoms with Crippen LogP contribution in [-0.2, 0) is 12.8 Å². The molecule has 0 radical (unpaired) electrons. The summed E-state index contributed by atoms with van der Waals surface area (Å²) in [6, 6.07) is 8.87. The first-order valence-electron chi connectivity index (χ1n) is 6.51. The lowest BCUT2D eigenvalue weighted by molar-refractivity contribution is 0.414. The van der Waals surface area contributed by atoms with Crippen molar-refractivity contribution in [1.82, 2.24) is 0 Å². The van der Waals surface area contributed by atoms with E-state index < -0.39 is 11.6 Å². The molecule has 0 fully saturated rings. The second-order valence-corrected chi connectivity index (χ2v) is 5.76. The molecule has 0 aliphatic carbocycles. The third kappa shape index (κ3) is 4.51. The van der Waals surface area contributed by atoms with Crippen molar-refractivity contribution >= 4 is 15.9 Å². The third-order valence-corrected chi connectivity index (χ3v) is 3.93. The molecule has 0 aliphatic rings. The standard InChI is InChI=1S/C16H16BrF2NO/c1-21-15-2-3-16(17)11(8-15)7-14(20)6-10-4-12(18)9-13(19)5-10/h2-5,8-9,14H,6-7,20H2,1H3. The quantitative estimate of drug-likeness (QED) is 0.883. The topological polar surface area (TPSA) is 35.2 Å². The van der Waals surface area contributed by atoms with E-state index in [-0.39, 0.29) is 6.04 Å². The summed E-state index contributed by atoms with van der Waals surface area (Å²) in [7, 11) is 1.60. The van der Waals surface area contributed by atoms with Crippen molar-refractivity contribution in [1.29, 1.82) is 0 Å². The van der Waals surface area contributed by atoms with E-state index in [1.165, 1.54) is 12.1 Å². The molecule has 2 nitrogen and oxygen atoms in total. The van der Waals surface area contributed by atoms with Crippen LogP contribution in [0.3, 0.4) is 0 Å². The van der Waals surface area contributed by atoms with Crippen LogP contribution in [0.4, 0.5) is 8.78 Å². The number of hydrogen-bond acceptors (Lipinski definition) is 2. The average Bonchev–Trinajstić information content (AvgIpc) is 2.40. The van der Waals surface area contributed by atoms with Crippen molar-refractivity contribution < 1.29 is 13.5 Å². The number of methoxy groups -OCH3 is 1. The van der Waals surface area contributed by atoms with Crippen molar-refractivity contribution in [2.75, 3.05) is 7.11 Å². The fourth-order valence-electron chi connectivity index (χ4n) is 2.22. The van der Waals surface area contributed by atoms with Gasteiger partial charge in [-0.3, -0.25) is 0 Å². The lowest BCUT2D eigenvalue weighted by Crippen LogP contribution is -2.25. The smallest absolute Gasteiger partial charge is 0.126 e. The predicted molar refractivity (Wildman–Crippen MR) is 82.4 cm³/mol. The first-order valence-corrected chi connectivity index (χ1v) is 7.30. The molecule has 1 unspecified atom stereocenters. The molecule has 0 heterocycles. The normalized spacial score (nSPS) is 12.2. The molecule has 112 valence electrons. The minimum Gasteiger partial charge on any atom is -0.497 e. The summed E-state index contributed by atoms with van der Waals surface area (Å²) in [6.45, 7) is 0. The molecular formula is C16H16BrF2NO. The Kier molecular flexibility index (Phi) is 5.31. The van der Waals surface area contributed by atoms with E-state index in [2.05, 4.69) is 15.9 Å². The molecule has 0 spiro atoms. The van der Waals surface area contributed by atoms with Gasteiger partial charge in [0.15, 0.2) is 0 Å². The highest BCUT2D eigenvalue weighted by atomic mass is 79.9. The van der Waals surface area contributed by atoms with E-state index in [4.69, 9.17) is 10.5 Å². The fraction of sp³-hybridized carbons (Fsp3) is 0.250.